The number of rotatable bonds is 1. The van der Waals surface area contributed by atoms with E-state index in [-0.39, 0.29) is 5.69 Å². The van der Waals surface area contributed by atoms with E-state index in [2.05, 4.69) is 4.37 Å². The second-order valence-electron chi connectivity index (χ2n) is 5.45. The molecular formula is C15H12F3N3O2S. The van der Waals surface area contributed by atoms with Crippen molar-refractivity contribution in [2.45, 2.75) is 20.0 Å². The number of benzene rings is 1. The Morgan fingerprint density at radius 2 is 1.79 bits per heavy atom. The largest absolute Gasteiger partial charge is 0.431 e. The van der Waals surface area contributed by atoms with Gasteiger partial charge in [0.2, 0.25) is 0 Å². The Morgan fingerprint density at radius 1 is 1.12 bits per heavy atom. The quantitative estimate of drug-likeness (QED) is 0.674. The fourth-order valence-corrected chi connectivity index (χ4v) is 3.42. The van der Waals surface area contributed by atoms with E-state index in [4.69, 9.17) is 0 Å². The maximum absolute atomic E-state index is 12.9. The van der Waals surface area contributed by atoms with E-state index in [0.29, 0.717) is 16.2 Å². The molecule has 0 aliphatic rings. The van der Waals surface area contributed by atoms with Crippen molar-refractivity contribution in [3.63, 3.8) is 0 Å². The molecule has 0 fully saturated rings. The highest BCUT2D eigenvalue weighted by molar-refractivity contribution is 7.13. The molecule has 0 atom stereocenters. The number of halogens is 3. The van der Waals surface area contributed by atoms with Crippen LogP contribution in [0.2, 0.25) is 0 Å². The summed E-state index contributed by atoms with van der Waals surface area (Å²) >= 11 is 1.28. The van der Waals surface area contributed by atoms with Gasteiger partial charge in [0, 0.05) is 18.5 Å². The van der Waals surface area contributed by atoms with Crippen molar-refractivity contribution < 1.29 is 13.2 Å². The highest BCUT2D eigenvalue weighted by Crippen LogP contribution is 2.28. The number of fused-ring (bicyclic) bond motifs is 1. The van der Waals surface area contributed by atoms with Crippen LogP contribution < -0.4 is 11.2 Å². The fraction of sp³-hybridized carbons (Fsp3) is 0.267. The van der Waals surface area contributed by atoms with Crippen molar-refractivity contribution in [2.24, 2.45) is 7.05 Å². The predicted octanol–water partition coefficient (Wildman–Crippen LogP) is 2.78. The molecule has 9 heteroatoms. The van der Waals surface area contributed by atoms with Crippen LogP contribution in [0.5, 0.6) is 0 Å². The van der Waals surface area contributed by atoms with Crippen LogP contribution in [-0.4, -0.2) is 13.5 Å². The molecule has 24 heavy (non-hydrogen) atoms. The minimum atomic E-state index is -4.78. The van der Waals surface area contributed by atoms with Gasteiger partial charge in [0.1, 0.15) is 5.69 Å². The third-order valence-corrected chi connectivity index (χ3v) is 4.72. The minimum Gasteiger partial charge on any atom is -0.292 e. The lowest BCUT2D eigenvalue weighted by molar-refractivity contribution is -0.144. The van der Waals surface area contributed by atoms with Gasteiger partial charge in [-0.25, -0.2) is 9.36 Å². The first-order chi connectivity index (χ1) is 11.1. The van der Waals surface area contributed by atoms with Crippen LogP contribution in [0.15, 0.2) is 27.8 Å². The first kappa shape index (κ1) is 16.4. The molecule has 0 amide bonds. The van der Waals surface area contributed by atoms with Gasteiger partial charge < -0.3 is 0 Å². The summed E-state index contributed by atoms with van der Waals surface area (Å²) < 4.78 is 45.0. The van der Waals surface area contributed by atoms with E-state index in [1.54, 1.807) is 26.0 Å². The second-order valence-corrected chi connectivity index (χ2v) is 6.25. The van der Waals surface area contributed by atoms with Crippen molar-refractivity contribution in [3.8, 4) is 5.69 Å². The second kappa shape index (κ2) is 5.30. The zero-order valence-electron chi connectivity index (χ0n) is 12.9. The van der Waals surface area contributed by atoms with Gasteiger partial charge in [-0.1, -0.05) is 0 Å². The SMILES string of the molecule is Cc1cc2snc(C)c2cc1-n1c(=O)cc(C(F)(F)F)n(C)c1=O. The number of alkyl halides is 3. The summed E-state index contributed by atoms with van der Waals surface area (Å²) in [6, 6.07) is 3.81. The molecule has 0 saturated carbocycles. The lowest BCUT2D eigenvalue weighted by Crippen LogP contribution is -2.41. The molecule has 0 radical (unpaired) electrons. The highest BCUT2D eigenvalue weighted by Gasteiger charge is 2.35. The number of hydrogen-bond acceptors (Lipinski definition) is 4. The molecule has 0 aliphatic carbocycles. The summed E-state index contributed by atoms with van der Waals surface area (Å²) in [6.07, 6.45) is -4.78. The van der Waals surface area contributed by atoms with Crippen LogP contribution in [0.1, 0.15) is 17.0 Å². The molecule has 0 spiro atoms. The summed E-state index contributed by atoms with van der Waals surface area (Å²) in [5, 5.41) is 0.759. The Bertz CT molecular complexity index is 1080. The summed E-state index contributed by atoms with van der Waals surface area (Å²) in [7, 11) is 0.992. The molecule has 5 nitrogen and oxygen atoms in total. The zero-order chi connectivity index (χ0) is 17.8. The predicted molar refractivity (Wildman–Crippen MR) is 84.9 cm³/mol. The molecule has 0 N–H and O–H groups in total. The lowest BCUT2D eigenvalue weighted by Gasteiger charge is -2.15. The van der Waals surface area contributed by atoms with E-state index in [1.165, 1.54) is 11.5 Å². The van der Waals surface area contributed by atoms with E-state index < -0.39 is 23.1 Å². The molecule has 0 bridgehead atoms. The number of nitrogens with zero attached hydrogens (tertiary/aromatic N) is 3. The Hall–Kier alpha value is -2.42. The summed E-state index contributed by atoms with van der Waals surface area (Å²) in [4.78, 5) is 24.6. The smallest absolute Gasteiger partial charge is 0.292 e. The highest BCUT2D eigenvalue weighted by atomic mass is 32.1. The molecule has 2 heterocycles. The summed E-state index contributed by atoms with van der Waals surface area (Å²) in [5.41, 5.74) is -1.75. The van der Waals surface area contributed by atoms with E-state index in [9.17, 15) is 22.8 Å². The summed E-state index contributed by atoms with van der Waals surface area (Å²) in [6.45, 7) is 3.47. The van der Waals surface area contributed by atoms with Crippen molar-refractivity contribution in [1.29, 1.82) is 0 Å². The minimum absolute atomic E-state index is 0.255. The standard InChI is InChI=1S/C15H12F3N3O2S/c1-7-4-11-9(8(2)19-24-11)5-10(7)21-13(22)6-12(15(16,17)18)20(3)14(21)23/h4-6H,1-3H3. The average molecular weight is 355 g/mol. The van der Waals surface area contributed by atoms with Crippen LogP contribution in [0.25, 0.3) is 15.8 Å². The van der Waals surface area contributed by atoms with Crippen LogP contribution in [-0.2, 0) is 13.2 Å². The van der Waals surface area contributed by atoms with Crippen molar-refractivity contribution in [1.82, 2.24) is 13.5 Å². The number of aromatic nitrogens is 3. The van der Waals surface area contributed by atoms with Crippen LogP contribution in [0.3, 0.4) is 0 Å². The van der Waals surface area contributed by atoms with Gasteiger partial charge in [0.05, 0.1) is 16.1 Å². The molecule has 126 valence electrons. The van der Waals surface area contributed by atoms with Crippen LogP contribution in [0, 0.1) is 13.8 Å². The van der Waals surface area contributed by atoms with Gasteiger partial charge in [-0.05, 0) is 43.1 Å². The molecule has 3 aromatic rings. The topological polar surface area (TPSA) is 56.9 Å². The normalized spacial score (nSPS) is 12.1. The first-order valence-electron chi connectivity index (χ1n) is 6.88. The van der Waals surface area contributed by atoms with E-state index in [0.717, 1.165) is 27.4 Å². The average Bonchev–Trinajstić information content (AvgIpc) is 2.83. The number of hydrogen-bond donors (Lipinski definition) is 0. The molecule has 2 aromatic heterocycles. The molecule has 0 aliphatic heterocycles. The van der Waals surface area contributed by atoms with Gasteiger partial charge in [0.15, 0.2) is 0 Å². The third-order valence-electron chi connectivity index (χ3n) is 3.82. The molecule has 0 unspecified atom stereocenters. The Kier molecular flexibility index (Phi) is 3.63. The fourth-order valence-electron chi connectivity index (χ4n) is 2.56. The maximum atomic E-state index is 12.9. The van der Waals surface area contributed by atoms with Gasteiger partial charge in [0.25, 0.3) is 5.56 Å². The van der Waals surface area contributed by atoms with Crippen molar-refractivity contribution in [2.75, 3.05) is 0 Å². The molecule has 1 aromatic carbocycles. The summed E-state index contributed by atoms with van der Waals surface area (Å²) in [5.74, 6) is 0. The van der Waals surface area contributed by atoms with E-state index >= 15 is 0 Å². The van der Waals surface area contributed by atoms with Crippen LogP contribution >= 0.6 is 11.5 Å². The van der Waals surface area contributed by atoms with Crippen molar-refractivity contribution >= 4 is 21.6 Å². The van der Waals surface area contributed by atoms with Crippen molar-refractivity contribution in [3.05, 3.63) is 56.0 Å². The molecule has 0 saturated heterocycles. The van der Waals surface area contributed by atoms with Crippen LogP contribution in [0.4, 0.5) is 13.2 Å². The van der Waals surface area contributed by atoms with E-state index in [1.807, 2.05) is 0 Å². The van der Waals surface area contributed by atoms with Gasteiger partial charge >= 0.3 is 11.9 Å². The van der Waals surface area contributed by atoms with Gasteiger partial charge in [-0.3, -0.25) is 9.36 Å². The van der Waals surface area contributed by atoms with Gasteiger partial charge in [-0.15, -0.1) is 0 Å². The maximum Gasteiger partial charge on any atom is 0.431 e. The third kappa shape index (κ3) is 2.44. The Balaban J connectivity index is 2.37. The molecule has 3 rings (SSSR count). The zero-order valence-corrected chi connectivity index (χ0v) is 13.7. The number of aryl methyl sites for hydroxylation is 2. The molecular weight excluding hydrogens is 343 g/mol. The Labute approximate surface area is 137 Å². The van der Waals surface area contributed by atoms with Gasteiger partial charge in [-0.2, -0.15) is 17.5 Å². The monoisotopic (exact) mass is 355 g/mol. The lowest BCUT2D eigenvalue weighted by atomic mass is 10.1. The Morgan fingerprint density at radius 3 is 2.42 bits per heavy atom. The first-order valence-corrected chi connectivity index (χ1v) is 7.66.